The van der Waals surface area contributed by atoms with Gasteiger partial charge in [0.25, 0.3) is 0 Å². The molecule has 0 bridgehead atoms. The maximum Gasteiger partial charge on any atom is 0.410 e. The number of nitrogens with zero attached hydrogens (tertiary/aromatic N) is 1. The summed E-state index contributed by atoms with van der Waals surface area (Å²) in [7, 11) is 1.83. The van der Waals surface area contributed by atoms with Crippen molar-refractivity contribution in [1.82, 2.24) is 4.90 Å². The van der Waals surface area contributed by atoms with E-state index in [1.54, 1.807) is 4.90 Å². The van der Waals surface area contributed by atoms with Crippen molar-refractivity contribution in [1.29, 1.82) is 0 Å². The van der Waals surface area contributed by atoms with Gasteiger partial charge in [-0.15, -0.1) is 0 Å². The van der Waals surface area contributed by atoms with Gasteiger partial charge in [-0.3, -0.25) is 0 Å². The average Bonchev–Trinajstić information content (AvgIpc) is 2.15. The number of amides is 1. The molecule has 2 N–H and O–H groups in total. The number of rotatable bonds is 1. The van der Waals surface area contributed by atoms with E-state index in [0.29, 0.717) is 6.04 Å². The number of carbonyl (C=O) groups is 1. The van der Waals surface area contributed by atoms with Gasteiger partial charge in [-0.05, 0) is 33.6 Å². The number of hydrogen-bond acceptors (Lipinski definition) is 2. The first-order chi connectivity index (χ1) is 6.90. The van der Waals surface area contributed by atoms with Crippen LogP contribution < -0.4 is 5.32 Å². The second-order valence-electron chi connectivity index (χ2n) is 5.20. The molecule has 1 rings (SSSR count). The first-order valence-corrected chi connectivity index (χ1v) is 5.67. The van der Waals surface area contributed by atoms with Gasteiger partial charge in [-0.25, -0.2) is 4.79 Å². The number of quaternary nitrogens is 1. The molecule has 1 saturated heterocycles. The van der Waals surface area contributed by atoms with Crippen molar-refractivity contribution in [2.45, 2.75) is 45.3 Å². The molecule has 1 aliphatic heterocycles. The molecule has 0 aromatic carbocycles. The minimum atomic E-state index is -0.399. The molecule has 0 aliphatic carbocycles. The molecule has 0 unspecified atom stereocenters. The Balaban J connectivity index is 2.44. The summed E-state index contributed by atoms with van der Waals surface area (Å²) in [5, 5.41) is 2.26. The molecule has 4 heteroatoms. The van der Waals surface area contributed by atoms with Crippen LogP contribution in [0.25, 0.3) is 0 Å². The number of piperidine rings is 1. The third-order valence-corrected chi connectivity index (χ3v) is 2.61. The van der Waals surface area contributed by atoms with Gasteiger partial charge in [-0.1, -0.05) is 0 Å². The highest BCUT2D eigenvalue weighted by Crippen LogP contribution is 2.12. The lowest BCUT2D eigenvalue weighted by atomic mass is 10.1. The second-order valence-corrected chi connectivity index (χ2v) is 5.20. The Morgan fingerprint density at radius 1 is 1.47 bits per heavy atom. The molecule has 1 amide bonds. The van der Waals surface area contributed by atoms with Crippen molar-refractivity contribution in [3.63, 3.8) is 0 Å². The van der Waals surface area contributed by atoms with Gasteiger partial charge in [-0.2, -0.15) is 0 Å². The minimum Gasteiger partial charge on any atom is -0.444 e. The highest BCUT2D eigenvalue weighted by atomic mass is 16.6. The molecule has 0 aromatic heterocycles. The zero-order chi connectivity index (χ0) is 11.5. The zero-order valence-corrected chi connectivity index (χ0v) is 10.2. The van der Waals surface area contributed by atoms with Gasteiger partial charge in [0, 0.05) is 7.05 Å². The summed E-state index contributed by atoms with van der Waals surface area (Å²) in [4.78, 5) is 13.5. The smallest absolute Gasteiger partial charge is 0.410 e. The molecule has 0 radical (unpaired) electrons. The van der Waals surface area contributed by atoms with E-state index in [4.69, 9.17) is 4.74 Å². The highest BCUT2D eigenvalue weighted by Gasteiger charge is 2.27. The van der Waals surface area contributed by atoms with E-state index in [1.807, 2.05) is 27.8 Å². The molecular weight excluding hydrogens is 192 g/mol. The first-order valence-electron chi connectivity index (χ1n) is 5.67. The third-order valence-electron chi connectivity index (χ3n) is 2.61. The van der Waals surface area contributed by atoms with Crippen molar-refractivity contribution in [2.75, 3.05) is 20.1 Å². The van der Waals surface area contributed by atoms with Crippen molar-refractivity contribution < 1.29 is 14.8 Å². The summed E-state index contributed by atoms with van der Waals surface area (Å²) >= 11 is 0. The summed E-state index contributed by atoms with van der Waals surface area (Å²) in [5.41, 5.74) is -0.399. The van der Waals surface area contributed by atoms with Gasteiger partial charge in [0.2, 0.25) is 0 Å². The molecule has 1 aliphatic rings. The average molecular weight is 215 g/mol. The summed E-state index contributed by atoms with van der Waals surface area (Å²) in [6.07, 6.45) is 2.06. The van der Waals surface area contributed by atoms with E-state index in [9.17, 15) is 4.79 Å². The van der Waals surface area contributed by atoms with Gasteiger partial charge in [0.1, 0.15) is 5.60 Å². The summed E-state index contributed by atoms with van der Waals surface area (Å²) in [5.74, 6) is 0. The Kier molecular flexibility index (Phi) is 3.97. The lowest BCUT2D eigenvalue weighted by Gasteiger charge is -2.31. The maximum atomic E-state index is 11.7. The maximum absolute atomic E-state index is 11.7. The normalized spacial score (nSPS) is 22.3. The molecule has 0 spiro atoms. The fraction of sp³-hybridized carbons (Fsp3) is 0.909. The monoisotopic (exact) mass is 215 g/mol. The van der Waals surface area contributed by atoms with Crippen LogP contribution in [-0.2, 0) is 4.74 Å². The fourth-order valence-corrected chi connectivity index (χ4v) is 1.76. The Bertz CT molecular complexity index is 217. The van der Waals surface area contributed by atoms with Gasteiger partial charge in [0.15, 0.2) is 0 Å². The number of likely N-dealkylation sites (N-methyl/N-ethyl adjacent to an activating group) is 1. The largest absolute Gasteiger partial charge is 0.444 e. The fourth-order valence-electron chi connectivity index (χ4n) is 1.76. The van der Waals surface area contributed by atoms with Crippen molar-refractivity contribution in [3.8, 4) is 0 Å². The van der Waals surface area contributed by atoms with Gasteiger partial charge >= 0.3 is 6.09 Å². The first kappa shape index (κ1) is 12.3. The van der Waals surface area contributed by atoms with E-state index in [0.717, 1.165) is 13.0 Å². The van der Waals surface area contributed by atoms with Crippen LogP contribution in [-0.4, -0.2) is 42.8 Å². The number of carbonyl (C=O) groups excluding carboxylic acids is 1. The quantitative estimate of drug-likeness (QED) is 0.695. The number of nitrogens with two attached hydrogens (primary N) is 1. The van der Waals surface area contributed by atoms with Crippen molar-refractivity contribution in [2.24, 2.45) is 0 Å². The number of ether oxygens (including phenoxy) is 1. The Labute approximate surface area is 92.0 Å². The molecule has 15 heavy (non-hydrogen) atoms. The predicted octanol–water partition coefficient (Wildman–Crippen LogP) is 0.579. The molecule has 0 aromatic rings. The predicted molar refractivity (Wildman–Crippen MR) is 58.7 cm³/mol. The van der Waals surface area contributed by atoms with Crippen LogP contribution in [0.15, 0.2) is 0 Å². The third kappa shape index (κ3) is 4.08. The van der Waals surface area contributed by atoms with E-state index >= 15 is 0 Å². The number of hydrogen-bond donors (Lipinski definition) is 1. The molecule has 88 valence electrons. The van der Waals surface area contributed by atoms with Crippen LogP contribution in [0.3, 0.4) is 0 Å². The topological polar surface area (TPSA) is 46.2 Å². The minimum absolute atomic E-state index is 0.206. The standard InChI is InChI=1S/C11H22N2O2/c1-11(2,3)15-10(14)13(4)9-6-5-7-12-8-9/h9,12H,5-8H2,1-4H3/p+1/t9-/m1/s1. The van der Waals surface area contributed by atoms with E-state index in [-0.39, 0.29) is 6.09 Å². The van der Waals surface area contributed by atoms with E-state index in [2.05, 4.69) is 5.32 Å². The van der Waals surface area contributed by atoms with Crippen LogP contribution in [0.5, 0.6) is 0 Å². The van der Waals surface area contributed by atoms with Crippen molar-refractivity contribution in [3.05, 3.63) is 0 Å². The molecule has 0 saturated carbocycles. The Morgan fingerprint density at radius 2 is 2.13 bits per heavy atom. The summed E-state index contributed by atoms with van der Waals surface area (Å²) in [6, 6.07) is 0.327. The highest BCUT2D eigenvalue weighted by molar-refractivity contribution is 5.68. The van der Waals surface area contributed by atoms with Gasteiger partial charge in [0.05, 0.1) is 19.1 Å². The van der Waals surface area contributed by atoms with E-state index < -0.39 is 5.60 Å². The van der Waals surface area contributed by atoms with E-state index in [1.165, 1.54) is 13.0 Å². The van der Waals surface area contributed by atoms with Crippen LogP contribution in [0, 0.1) is 0 Å². The SMILES string of the molecule is CN(C(=O)OC(C)(C)C)[C@@H]1CCC[NH2+]C1. The second kappa shape index (κ2) is 4.84. The molecule has 4 nitrogen and oxygen atoms in total. The molecule has 1 fully saturated rings. The van der Waals surface area contributed by atoms with Crippen molar-refractivity contribution >= 4 is 6.09 Å². The Morgan fingerprint density at radius 3 is 2.60 bits per heavy atom. The molecular formula is C11H23N2O2+. The summed E-state index contributed by atoms with van der Waals surface area (Å²) in [6.45, 7) is 7.86. The van der Waals surface area contributed by atoms with Crippen LogP contribution in [0.2, 0.25) is 0 Å². The van der Waals surface area contributed by atoms with Gasteiger partial charge < -0.3 is 15.0 Å². The van der Waals surface area contributed by atoms with Crippen LogP contribution in [0.1, 0.15) is 33.6 Å². The Hall–Kier alpha value is -0.770. The zero-order valence-electron chi connectivity index (χ0n) is 10.2. The summed E-state index contributed by atoms with van der Waals surface area (Å²) < 4.78 is 5.33. The molecule has 1 atom stereocenters. The lowest BCUT2D eigenvalue weighted by Crippen LogP contribution is -2.89. The molecule has 1 heterocycles. The van der Waals surface area contributed by atoms with Crippen LogP contribution >= 0.6 is 0 Å². The van der Waals surface area contributed by atoms with Crippen LogP contribution in [0.4, 0.5) is 4.79 Å². The lowest BCUT2D eigenvalue weighted by molar-refractivity contribution is -0.666.